The predicted octanol–water partition coefficient (Wildman–Crippen LogP) is 6.82. The van der Waals surface area contributed by atoms with Crippen LogP contribution in [0.3, 0.4) is 0 Å². The number of alkyl halides is 6. The number of benzene rings is 2. The molecule has 0 bridgehead atoms. The first-order valence-corrected chi connectivity index (χ1v) is 14.9. The highest BCUT2D eigenvalue weighted by Crippen LogP contribution is 2.42. The summed E-state index contributed by atoms with van der Waals surface area (Å²) in [5.41, 5.74) is -3.58. The molecule has 3 aromatic rings. The highest BCUT2D eigenvalue weighted by atomic mass is 19.4. The molecule has 5 rings (SSSR count). The van der Waals surface area contributed by atoms with Crippen LogP contribution in [0.15, 0.2) is 48.7 Å². The number of hydrogen-bond acceptors (Lipinski definition) is 5. The van der Waals surface area contributed by atoms with Crippen molar-refractivity contribution in [2.75, 3.05) is 43.1 Å². The lowest BCUT2D eigenvalue weighted by atomic mass is 9.81. The Morgan fingerprint density at radius 3 is 2.17 bits per heavy atom. The maximum atomic E-state index is 14.1. The van der Waals surface area contributed by atoms with E-state index in [-0.39, 0.29) is 30.4 Å². The number of pyridine rings is 1. The van der Waals surface area contributed by atoms with Crippen molar-refractivity contribution in [3.05, 3.63) is 76.7 Å². The van der Waals surface area contributed by atoms with E-state index in [4.69, 9.17) is 0 Å². The average Bonchev–Trinajstić information content (AvgIpc) is 3.46. The summed E-state index contributed by atoms with van der Waals surface area (Å²) < 4.78 is 96.1. The number of carbonyl (C=O) groups is 1. The molecule has 2 fully saturated rings. The van der Waals surface area contributed by atoms with Gasteiger partial charge in [-0.3, -0.25) is 9.69 Å². The summed E-state index contributed by atoms with van der Waals surface area (Å²) >= 11 is 0. The molecule has 2 saturated heterocycles. The van der Waals surface area contributed by atoms with E-state index in [9.17, 15) is 40.6 Å². The molecule has 2 aromatic carbocycles. The maximum Gasteiger partial charge on any atom is 0.416 e. The van der Waals surface area contributed by atoms with Crippen molar-refractivity contribution in [1.29, 1.82) is 0 Å². The second-order valence-corrected chi connectivity index (χ2v) is 12.6. The molecular formula is C33H35F7N4O2. The van der Waals surface area contributed by atoms with Gasteiger partial charge in [-0.05, 0) is 93.2 Å². The Morgan fingerprint density at radius 2 is 1.59 bits per heavy atom. The summed E-state index contributed by atoms with van der Waals surface area (Å²) in [5, 5.41) is 10.2. The lowest BCUT2D eigenvalue weighted by molar-refractivity contribution is -0.143. The van der Waals surface area contributed by atoms with E-state index < -0.39 is 46.2 Å². The summed E-state index contributed by atoms with van der Waals surface area (Å²) in [6.45, 7) is 6.28. The number of hydrogen-bond donors (Lipinski definition) is 1. The van der Waals surface area contributed by atoms with Crippen molar-refractivity contribution in [3.8, 4) is 11.1 Å². The topological polar surface area (TPSA) is 59.9 Å². The Balaban J connectivity index is 1.59. The largest absolute Gasteiger partial charge is 0.416 e. The van der Waals surface area contributed by atoms with Crippen LogP contribution < -0.4 is 9.80 Å². The van der Waals surface area contributed by atoms with E-state index in [0.717, 1.165) is 24.3 Å². The lowest BCUT2D eigenvalue weighted by Crippen LogP contribution is -2.57. The van der Waals surface area contributed by atoms with Gasteiger partial charge in [-0.2, -0.15) is 26.3 Å². The zero-order valence-corrected chi connectivity index (χ0v) is 25.8. The molecule has 1 aromatic heterocycles. The normalized spacial score (nSPS) is 19.3. The molecule has 13 heteroatoms. The monoisotopic (exact) mass is 652 g/mol. The number of aliphatic hydroxyl groups excluding tert-OH is 1. The Bertz CT molecular complexity index is 1590. The average molecular weight is 653 g/mol. The van der Waals surface area contributed by atoms with Crippen LogP contribution in [0.1, 0.15) is 48.9 Å². The number of fused-ring (bicyclic) bond motifs is 1. The molecule has 2 aliphatic heterocycles. The zero-order valence-electron chi connectivity index (χ0n) is 25.8. The van der Waals surface area contributed by atoms with E-state index in [1.807, 2.05) is 4.90 Å². The first kappa shape index (κ1) is 33.6. The Morgan fingerprint density at radius 1 is 0.957 bits per heavy atom. The molecule has 46 heavy (non-hydrogen) atoms. The molecule has 0 unspecified atom stereocenters. The number of aliphatic hydroxyl groups is 1. The second-order valence-electron chi connectivity index (χ2n) is 12.6. The predicted molar refractivity (Wildman–Crippen MR) is 160 cm³/mol. The summed E-state index contributed by atoms with van der Waals surface area (Å²) in [4.78, 5) is 24.2. The molecule has 0 aliphatic carbocycles. The molecule has 0 radical (unpaired) electrons. The highest BCUT2D eigenvalue weighted by molar-refractivity contribution is 6.03. The summed E-state index contributed by atoms with van der Waals surface area (Å²) in [6, 6.07) is 7.01. The third-order valence-corrected chi connectivity index (χ3v) is 9.15. The van der Waals surface area contributed by atoms with Gasteiger partial charge in [-0.15, -0.1) is 0 Å². The minimum atomic E-state index is -5.08. The molecule has 2 atom stereocenters. The van der Waals surface area contributed by atoms with Crippen molar-refractivity contribution in [2.45, 2.75) is 63.5 Å². The van der Waals surface area contributed by atoms with Crippen LogP contribution in [0, 0.1) is 12.7 Å². The third kappa shape index (κ3) is 6.44. The quantitative estimate of drug-likeness (QED) is 0.297. The van der Waals surface area contributed by atoms with Crippen LogP contribution in [-0.2, 0) is 22.6 Å². The summed E-state index contributed by atoms with van der Waals surface area (Å²) in [5.74, 6) is -0.755. The fourth-order valence-corrected chi connectivity index (χ4v) is 6.50. The van der Waals surface area contributed by atoms with Crippen LogP contribution in [0.4, 0.5) is 42.2 Å². The lowest BCUT2D eigenvalue weighted by Gasteiger charge is -2.44. The van der Waals surface area contributed by atoms with Crippen LogP contribution in [0.5, 0.6) is 0 Å². The molecule has 0 spiro atoms. The summed E-state index contributed by atoms with van der Waals surface area (Å²) in [6.07, 6.45) is -6.70. The fourth-order valence-electron chi connectivity index (χ4n) is 6.50. The number of aromatic nitrogens is 1. The van der Waals surface area contributed by atoms with E-state index >= 15 is 0 Å². The minimum Gasteiger partial charge on any atom is -0.394 e. The Kier molecular flexibility index (Phi) is 8.88. The molecule has 248 valence electrons. The van der Waals surface area contributed by atoms with Crippen LogP contribution in [0.2, 0.25) is 0 Å². The van der Waals surface area contributed by atoms with Crippen molar-refractivity contribution in [2.24, 2.45) is 0 Å². The molecule has 1 N–H and O–H groups in total. The van der Waals surface area contributed by atoms with E-state index in [1.165, 1.54) is 45.3 Å². The van der Waals surface area contributed by atoms with Gasteiger partial charge in [-0.25, -0.2) is 9.37 Å². The van der Waals surface area contributed by atoms with Crippen LogP contribution >= 0.6 is 0 Å². The van der Waals surface area contributed by atoms with Crippen LogP contribution in [0.25, 0.3) is 11.1 Å². The van der Waals surface area contributed by atoms with Gasteiger partial charge in [0.15, 0.2) is 0 Å². The Labute approximate surface area is 262 Å². The Hall–Kier alpha value is -3.71. The fraction of sp³-hybridized carbons (Fsp3) is 0.455. The minimum absolute atomic E-state index is 0.0247. The van der Waals surface area contributed by atoms with Crippen molar-refractivity contribution in [1.82, 2.24) is 9.88 Å². The number of halogens is 7. The van der Waals surface area contributed by atoms with Gasteiger partial charge >= 0.3 is 12.4 Å². The first-order chi connectivity index (χ1) is 21.4. The van der Waals surface area contributed by atoms with Gasteiger partial charge in [0.05, 0.1) is 41.1 Å². The molecule has 6 nitrogen and oxygen atoms in total. The van der Waals surface area contributed by atoms with Gasteiger partial charge in [0, 0.05) is 31.7 Å². The summed E-state index contributed by atoms with van der Waals surface area (Å²) in [7, 11) is 1.37. The van der Waals surface area contributed by atoms with Gasteiger partial charge < -0.3 is 14.9 Å². The highest BCUT2D eigenvalue weighted by Gasteiger charge is 2.42. The number of piperazine rings is 1. The molecular weight excluding hydrogens is 617 g/mol. The number of carbonyl (C=O) groups excluding carboxylic acids is 1. The zero-order chi connectivity index (χ0) is 33.8. The van der Waals surface area contributed by atoms with E-state index in [0.29, 0.717) is 47.7 Å². The molecule has 0 saturated carbocycles. The van der Waals surface area contributed by atoms with Crippen molar-refractivity contribution < 1.29 is 40.6 Å². The number of nitrogens with zero attached hydrogens (tertiary/aromatic N) is 4. The maximum absolute atomic E-state index is 14.1. The van der Waals surface area contributed by atoms with E-state index in [1.54, 1.807) is 13.0 Å². The number of likely N-dealkylation sites (N-methyl/N-ethyl adjacent to an activating group) is 1. The number of amides is 1. The second kappa shape index (κ2) is 12.1. The molecule has 2 aliphatic rings. The number of anilines is 2. The van der Waals surface area contributed by atoms with Gasteiger partial charge in [-0.1, -0.05) is 6.07 Å². The standard InChI is InChI=1S/C33H35F7N4O2/c1-19-10-23(34)7-8-26(19)27-14-29(44-17-24-6-5-9-43(24)16-25(44)18-45)41-15-28(27)42(4)30(46)31(2,3)20-11-21(32(35,36)37)13-22(12-20)33(38,39)40/h7-8,10-15,24-25,45H,5-6,9,16-18H2,1-4H3/t24-,25-/m1/s1. The van der Waals surface area contributed by atoms with Gasteiger partial charge in [0.2, 0.25) is 5.91 Å². The molecule has 1 amide bonds. The number of aryl methyl sites for hydroxylation is 1. The third-order valence-electron chi connectivity index (χ3n) is 9.15. The van der Waals surface area contributed by atoms with Gasteiger partial charge in [0.25, 0.3) is 0 Å². The van der Waals surface area contributed by atoms with Gasteiger partial charge in [0.1, 0.15) is 11.6 Å². The van der Waals surface area contributed by atoms with Crippen molar-refractivity contribution in [3.63, 3.8) is 0 Å². The molecule has 3 heterocycles. The van der Waals surface area contributed by atoms with Crippen molar-refractivity contribution >= 4 is 17.4 Å². The first-order valence-electron chi connectivity index (χ1n) is 14.9. The smallest absolute Gasteiger partial charge is 0.394 e. The number of rotatable bonds is 6. The SMILES string of the molecule is Cc1cc(F)ccc1-c1cc(N2C[C@H]3CCCN3C[C@@H]2CO)ncc1N(C)C(=O)C(C)(C)c1cc(C(F)(F)F)cc(C(F)(F)F)c1. The van der Waals surface area contributed by atoms with E-state index in [2.05, 4.69) is 9.88 Å². The van der Waals surface area contributed by atoms with Crippen LogP contribution in [-0.4, -0.2) is 66.3 Å².